The van der Waals surface area contributed by atoms with E-state index >= 15 is 0 Å². The smallest absolute Gasteiger partial charge is 0.246 e. The van der Waals surface area contributed by atoms with E-state index in [9.17, 15) is 9.59 Å². The third-order valence-corrected chi connectivity index (χ3v) is 5.21. The van der Waals surface area contributed by atoms with E-state index in [0.29, 0.717) is 5.57 Å². The van der Waals surface area contributed by atoms with Gasteiger partial charge in [-0.15, -0.1) is 0 Å². The zero-order valence-electron chi connectivity index (χ0n) is 15.7. The SMILES string of the molecule is CNC(=O)C(NC(=O)C1(c2ccc(/C(C=N)=C/N)cc2)CC1)c1ccccc1. The molecule has 1 fully saturated rings. The molecule has 28 heavy (non-hydrogen) atoms. The summed E-state index contributed by atoms with van der Waals surface area (Å²) in [7, 11) is 1.56. The Morgan fingerprint density at radius 3 is 2.25 bits per heavy atom. The van der Waals surface area contributed by atoms with Gasteiger partial charge in [0.2, 0.25) is 11.8 Å². The number of nitrogens with one attached hydrogen (secondary N) is 3. The van der Waals surface area contributed by atoms with Crippen molar-refractivity contribution in [2.24, 2.45) is 5.73 Å². The molecule has 0 aliphatic heterocycles. The van der Waals surface area contributed by atoms with E-state index in [1.165, 1.54) is 12.4 Å². The minimum absolute atomic E-state index is 0.153. The first-order valence-electron chi connectivity index (χ1n) is 9.16. The Morgan fingerprint density at radius 1 is 1.11 bits per heavy atom. The van der Waals surface area contributed by atoms with Crippen molar-refractivity contribution in [3.05, 3.63) is 77.5 Å². The predicted molar refractivity (Wildman–Crippen MR) is 110 cm³/mol. The number of likely N-dealkylation sites (N-methyl/N-ethyl adjacent to an activating group) is 1. The van der Waals surface area contributed by atoms with Gasteiger partial charge in [0.15, 0.2) is 0 Å². The Labute approximate surface area is 164 Å². The number of nitrogens with two attached hydrogens (primary N) is 1. The van der Waals surface area contributed by atoms with Crippen molar-refractivity contribution in [3.63, 3.8) is 0 Å². The van der Waals surface area contributed by atoms with Crippen LogP contribution in [0.4, 0.5) is 0 Å². The summed E-state index contributed by atoms with van der Waals surface area (Å²) in [5, 5.41) is 12.9. The summed E-state index contributed by atoms with van der Waals surface area (Å²) in [6.45, 7) is 0. The molecule has 0 heterocycles. The predicted octanol–water partition coefficient (Wildman–Crippen LogP) is 2.27. The molecule has 1 saturated carbocycles. The highest BCUT2D eigenvalue weighted by atomic mass is 16.2. The van der Waals surface area contributed by atoms with Gasteiger partial charge in [-0.05, 0) is 29.5 Å². The van der Waals surface area contributed by atoms with Crippen LogP contribution in [0.5, 0.6) is 0 Å². The molecule has 144 valence electrons. The van der Waals surface area contributed by atoms with Crippen LogP contribution in [0.25, 0.3) is 5.57 Å². The van der Waals surface area contributed by atoms with Crippen molar-refractivity contribution in [3.8, 4) is 0 Å². The number of amides is 2. The average Bonchev–Trinajstić information content (AvgIpc) is 3.55. The number of carbonyl (C=O) groups is 2. The fourth-order valence-electron chi connectivity index (χ4n) is 3.34. The molecular weight excluding hydrogens is 352 g/mol. The van der Waals surface area contributed by atoms with Gasteiger partial charge in [-0.2, -0.15) is 0 Å². The molecule has 0 spiro atoms. The van der Waals surface area contributed by atoms with Gasteiger partial charge in [-0.25, -0.2) is 0 Å². The standard InChI is InChI=1S/C22H24N4O2/c1-25-20(27)19(16-5-3-2-4-6-16)26-21(28)22(11-12-22)18-9-7-15(8-10-18)17(13-23)14-24/h2-10,13-14,19,23H,11-12,24H2,1H3,(H,25,27)(H,26,28)/b17-14+,23-13?. The summed E-state index contributed by atoms with van der Waals surface area (Å²) >= 11 is 0. The molecule has 1 atom stereocenters. The molecule has 0 aromatic heterocycles. The van der Waals surface area contributed by atoms with E-state index in [1.54, 1.807) is 7.05 Å². The van der Waals surface area contributed by atoms with Crippen LogP contribution < -0.4 is 16.4 Å². The Bertz CT molecular complexity index is 900. The molecule has 0 bridgehead atoms. The molecule has 1 aliphatic carbocycles. The topological polar surface area (TPSA) is 108 Å². The van der Waals surface area contributed by atoms with Gasteiger partial charge < -0.3 is 21.8 Å². The number of hydrogen-bond donors (Lipinski definition) is 4. The Kier molecular flexibility index (Phi) is 5.59. The maximum atomic E-state index is 13.1. The number of allylic oxidation sites excluding steroid dienone is 1. The van der Waals surface area contributed by atoms with Gasteiger partial charge >= 0.3 is 0 Å². The molecule has 2 aromatic rings. The fraction of sp³-hybridized carbons (Fsp3) is 0.227. The highest BCUT2D eigenvalue weighted by Gasteiger charge is 2.52. The molecule has 2 aromatic carbocycles. The van der Waals surface area contributed by atoms with E-state index in [-0.39, 0.29) is 11.8 Å². The molecule has 0 radical (unpaired) electrons. The third-order valence-electron chi connectivity index (χ3n) is 5.21. The number of rotatable bonds is 7. The van der Waals surface area contributed by atoms with Crippen molar-refractivity contribution >= 4 is 23.6 Å². The van der Waals surface area contributed by atoms with E-state index in [4.69, 9.17) is 11.1 Å². The van der Waals surface area contributed by atoms with Gasteiger partial charge in [0.05, 0.1) is 5.41 Å². The second-order valence-electron chi connectivity index (χ2n) is 6.86. The largest absolute Gasteiger partial charge is 0.404 e. The van der Waals surface area contributed by atoms with E-state index in [0.717, 1.165) is 29.5 Å². The van der Waals surface area contributed by atoms with E-state index in [1.807, 2.05) is 54.6 Å². The highest BCUT2D eigenvalue weighted by molar-refractivity contribution is 6.08. The Hall–Kier alpha value is -3.41. The van der Waals surface area contributed by atoms with Crippen molar-refractivity contribution in [2.45, 2.75) is 24.3 Å². The highest BCUT2D eigenvalue weighted by Crippen LogP contribution is 2.48. The lowest BCUT2D eigenvalue weighted by Gasteiger charge is -2.22. The van der Waals surface area contributed by atoms with Crippen LogP contribution in [-0.2, 0) is 15.0 Å². The first-order valence-corrected chi connectivity index (χ1v) is 9.16. The molecule has 0 saturated heterocycles. The first-order chi connectivity index (χ1) is 13.6. The Balaban J connectivity index is 1.83. The average molecular weight is 376 g/mol. The van der Waals surface area contributed by atoms with Crippen LogP contribution in [0.15, 0.2) is 60.8 Å². The lowest BCUT2D eigenvalue weighted by atomic mass is 9.92. The second-order valence-corrected chi connectivity index (χ2v) is 6.86. The number of carbonyl (C=O) groups excluding carboxylic acids is 2. The molecule has 5 N–H and O–H groups in total. The summed E-state index contributed by atoms with van der Waals surface area (Å²) in [4.78, 5) is 25.5. The number of benzene rings is 2. The fourth-order valence-corrected chi connectivity index (χ4v) is 3.34. The number of hydrogen-bond acceptors (Lipinski definition) is 4. The van der Waals surface area contributed by atoms with Gasteiger partial charge in [0, 0.05) is 25.0 Å². The van der Waals surface area contributed by atoms with E-state index < -0.39 is 11.5 Å². The normalized spacial score (nSPS) is 16.0. The molecular formula is C22H24N4O2. The van der Waals surface area contributed by atoms with Gasteiger partial charge in [-0.1, -0.05) is 54.6 Å². The molecule has 6 nitrogen and oxygen atoms in total. The maximum Gasteiger partial charge on any atom is 0.246 e. The van der Waals surface area contributed by atoms with Gasteiger partial charge in [-0.3, -0.25) is 9.59 Å². The van der Waals surface area contributed by atoms with Crippen LogP contribution in [0.3, 0.4) is 0 Å². The molecule has 3 rings (SSSR count). The quantitative estimate of drug-likeness (QED) is 0.557. The zero-order valence-corrected chi connectivity index (χ0v) is 15.7. The lowest BCUT2D eigenvalue weighted by molar-refractivity contribution is -0.130. The van der Waals surface area contributed by atoms with Crippen LogP contribution in [0.2, 0.25) is 0 Å². The second kappa shape index (κ2) is 8.08. The summed E-state index contributed by atoms with van der Waals surface area (Å²) in [6, 6.07) is 16.0. The van der Waals surface area contributed by atoms with Crippen molar-refractivity contribution in [1.82, 2.24) is 10.6 Å². The van der Waals surface area contributed by atoms with Gasteiger partial charge in [0.1, 0.15) is 6.04 Å². The first kappa shape index (κ1) is 19.4. The zero-order chi connectivity index (χ0) is 20.1. The van der Waals surface area contributed by atoms with Crippen molar-refractivity contribution in [2.75, 3.05) is 7.05 Å². The monoisotopic (exact) mass is 376 g/mol. The summed E-state index contributed by atoms with van der Waals surface area (Å²) < 4.78 is 0. The van der Waals surface area contributed by atoms with Crippen LogP contribution in [-0.4, -0.2) is 25.1 Å². The maximum absolute atomic E-state index is 13.1. The molecule has 6 heteroatoms. The van der Waals surface area contributed by atoms with Crippen LogP contribution in [0.1, 0.15) is 35.6 Å². The molecule has 1 unspecified atom stereocenters. The Morgan fingerprint density at radius 2 is 1.75 bits per heavy atom. The lowest BCUT2D eigenvalue weighted by Crippen LogP contribution is -2.43. The summed E-state index contributed by atoms with van der Waals surface area (Å²) in [5.74, 6) is -0.409. The van der Waals surface area contributed by atoms with Crippen molar-refractivity contribution in [1.29, 1.82) is 5.41 Å². The van der Waals surface area contributed by atoms with Crippen molar-refractivity contribution < 1.29 is 9.59 Å². The van der Waals surface area contributed by atoms with Gasteiger partial charge in [0.25, 0.3) is 0 Å². The van der Waals surface area contributed by atoms with E-state index in [2.05, 4.69) is 10.6 Å². The van der Waals surface area contributed by atoms with Crippen LogP contribution >= 0.6 is 0 Å². The van der Waals surface area contributed by atoms with Crippen LogP contribution in [0, 0.1) is 5.41 Å². The summed E-state index contributed by atoms with van der Waals surface area (Å²) in [5.41, 5.74) is 8.00. The molecule has 2 amide bonds. The minimum atomic E-state index is -0.736. The minimum Gasteiger partial charge on any atom is -0.404 e. The third kappa shape index (κ3) is 3.67. The molecule has 1 aliphatic rings. The summed E-state index contributed by atoms with van der Waals surface area (Å²) in [6.07, 6.45) is 4.05.